The minimum Gasteiger partial charge on any atom is -0.493 e. The summed E-state index contributed by atoms with van der Waals surface area (Å²) in [6.07, 6.45) is 6.59. The Balaban J connectivity index is 0.00000144. The van der Waals surface area contributed by atoms with E-state index >= 15 is 0 Å². The largest absolute Gasteiger partial charge is 0.493 e. The van der Waals surface area contributed by atoms with Gasteiger partial charge in [-0.15, -0.1) is 12.4 Å². The first-order valence-electron chi connectivity index (χ1n) is 8.59. The van der Waals surface area contributed by atoms with E-state index in [4.69, 9.17) is 4.74 Å². The molecular formula is C18H27ClN2O. The van der Waals surface area contributed by atoms with E-state index in [1.54, 1.807) is 0 Å². The van der Waals surface area contributed by atoms with E-state index in [0.29, 0.717) is 0 Å². The van der Waals surface area contributed by atoms with Gasteiger partial charge in [-0.1, -0.05) is 12.1 Å². The predicted octanol–water partition coefficient (Wildman–Crippen LogP) is 3.01. The van der Waals surface area contributed by atoms with Crippen molar-refractivity contribution < 1.29 is 4.74 Å². The van der Waals surface area contributed by atoms with E-state index in [2.05, 4.69) is 28.4 Å². The molecule has 0 aliphatic carbocycles. The normalized spacial score (nSPS) is 25.5. The van der Waals surface area contributed by atoms with Gasteiger partial charge in [-0.25, -0.2) is 0 Å². The number of nitrogens with one attached hydrogen (secondary N) is 1. The van der Waals surface area contributed by atoms with Crippen LogP contribution >= 0.6 is 12.4 Å². The molecule has 0 bridgehead atoms. The molecule has 3 nitrogen and oxygen atoms in total. The summed E-state index contributed by atoms with van der Waals surface area (Å²) in [7, 11) is 0. The van der Waals surface area contributed by atoms with Crippen molar-refractivity contribution in [1.29, 1.82) is 0 Å². The summed E-state index contributed by atoms with van der Waals surface area (Å²) < 4.78 is 5.59. The van der Waals surface area contributed by atoms with Crippen LogP contribution in [0.25, 0.3) is 0 Å². The minimum absolute atomic E-state index is 0. The van der Waals surface area contributed by atoms with Crippen molar-refractivity contribution >= 4 is 12.4 Å². The molecule has 1 unspecified atom stereocenters. The fourth-order valence-electron chi connectivity index (χ4n) is 4.22. The van der Waals surface area contributed by atoms with E-state index in [9.17, 15) is 0 Å². The summed E-state index contributed by atoms with van der Waals surface area (Å²) in [4.78, 5) is 2.63. The first kappa shape index (κ1) is 16.1. The number of piperidine rings is 1. The number of rotatable bonds is 3. The summed E-state index contributed by atoms with van der Waals surface area (Å²) in [5, 5.41) is 3.69. The molecule has 3 heterocycles. The van der Waals surface area contributed by atoms with E-state index < -0.39 is 0 Å². The maximum Gasteiger partial charge on any atom is 0.122 e. The first-order valence-corrected chi connectivity index (χ1v) is 8.59. The second kappa shape index (κ2) is 7.20. The molecule has 1 aromatic carbocycles. The van der Waals surface area contributed by atoms with Crippen LogP contribution in [0.4, 0.5) is 0 Å². The van der Waals surface area contributed by atoms with Crippen molar-refractivity contribution in [1.82, 2.24) is 10.2 Å². The van der Waals surface area contributed by atoms with E-state index in [1.165, 1.54) is 56.4 Å². The van der Waals surface area contributed by atoms with Crippen LogP contribution in [-0.2, 0) is 13.0 Å². The van der Waals surface area contributed by atoms with Gasteiger partial charge in [0.2, 0.25) is 0 Å². The Hall–Kier alpha value is -0.770. The monoisotopic (exact) mass is 322 g/mol. The van der Waals surface area contributed by atoms with Gasteiger partial charge in [-0.05, 0) is 68.4 Å². The lowest BCUT2D eigenvalue weighted by atomic mass is 9.88. The summed E-state index contributed by atoms with van der Waals surface area (Å²) in [5.41, 5.74) is 2.86. The number of fused-ring (bicyclic) bond motifs is 1. The molecule has 22 heavy (non-hydrogen) atoms. The summed E-state index contributed by atoms with van der Waals surface area (Å²) in [6.45, 7) is 5.73. The number of likely N-dealkylation sites (tertiary alicyclic amines) is 1. The van der Waals surface area contributed by atoms with Crippen LogP contribution in [-0.4, -0.2) is 37.2 Å². The molecule has 0 radical (unpaired) electrons. The minimum atomic E-state index is 0. The molecule has 3 aliphatic rings. The fourth-order valence-corrected chi connectivity index (χ4v) is 4.22. The zero-order chi connectivity index (χ0) is 14.1. The highest BCUT2D eigenvalue weighted by Crippen LogP contribution is 2.29. The van der Waals surface area contributed by atoms with Crippen molar-refractivity contribution in [2.75, 3.05) is 26.2 Å². The zero-order valence-corrected chi connectivity index (χ0v) is 14.0. The third-order valence-electron chi connectivity index (χ3n) is 5.46. The number of hydrogen-bond acceptors (Lipinski definition) is 3. The molecule has 4 rings (SSSR count). The topological polar surface area (TPSA) is 24.5 Å². The summed E-state index contributed by atoms with van der Waals surface area (Å²) >= 11 is 0. The second-order valence-electron chi connectivity index (χ2n) is 6.86. The van der Waals surface area contributed by atoms with Crippen LogP contribution in [0.5, 0.6) is 5.75 Å². The van der Waals surface area contributed by atoms with Gasteiger partial charge in [-0.2, -0.15) is 0 Å². The fraction of sp³-hybridized carbons (Fsp3) is 0.667. The number of benzene rings is 1. The van der Waals surface area contributed by atoms with Crippen molar-refractivity contribution in [3.05, 3.63) is 29.3 Å². The number of hydrogen-bond donors (Lipinski definition) is 1. The summed E-state index contributed by atoms with van der Waals surface area (Å²) in [5.74, 6) is 2.02. The highest BCUT2D eigenvalue weighted by Gasteiger charge is 2.28. The molecular weight excluding hydrogens is 296 g/mol. The van der Waals surface area contributed by atoms with Gasteiger partial charge < -0.3 is 10.1 Å². The Bertz CT molecular complexity index is 494. The van der Waals surface area contributed by atoms with Crippen LogP contribution in [0.3, 0.4) is 0 Å². The highest BCUT2D eigenvalue weighted by molar-refractivity contribution is 5.85. The molecule has 0 aromatic heterocycles. The standard InChI is InChI=1S/C18H26N2O.ClH/c1-2-17(19-8-1)15-5-9-20(10-6-15)13-14-3-4-18-16(12-14)7-11-21-18;/h3-4,12,15,17,19H,1-2,5-11,13H2;1H. The van der Waals surface area contributed by atoms with Crippen LogP contribution in [0.1, 0.15) is 36.8 Å². The first-order chi connectivity index (χ1) is 10.4. The average molecular weight is 323 g/mol. The lowest BCUT2D eigenvalue weighted by molar-refractivity contribution is 0.157. The lowest BCUT2D eigenvalue weighted by Crippen LogP contribution is -2.40. The third-order valence-corrected chi connectivity index (χ3v) is 5.46. The predicted molar refractivity (Wildman–Crippen MR) is 91.9 cm³/mol. The number of halogens is 1. The molecule has 1 N–H and O–H groups in total. The van der Waals surface area contributed by atoms with E-state index in [-0.39, 0.29) is 12.4 Å². The van der Waals surface area contributed by atoms with E-state index in [1.807, 2.05) is 0 Å². The highest BCUT2D eigenvalue weighted by atomic mass is 35.5. The Kier molecular flexibility index (Phi) is 5.27. The Labute approximate surface area is 139 Å². The Morgan fingerprint density at radius 3 is 2.82 bits per heavy atom. The average Bonchev–Trinajstić information content (AvgIpc) is 3.19. The van der Waals surface area contributed by atoms with Gasteiger partial charge in [0.05, 0.1) is 6.61 Å². The maximum absolute atomic E-state index is 5.59. The third kappa shape index (κ3) is 3.42. The molecule has 0 saturated carbocycles. The van der Waals surface area contributed by atoms with Crippen molar-refractivity contribution in [2.24, 2.45) is 5.92 Å². The quantitative estimate of drug-likeness (QED) is 0.926. The van der Waals surface area contributed by atoms with Gasteiger partial charge in [0.15, 0.2) is 0 Å². The van der Waals surface area contributed by atoms with Crippen molar-refractivity contribution in [3.63, 3.8) is 0 Å². The molecule has 0 spiro atoms. The van der Waals surface area contributed by atoms with Gasteiger partial charge in [0, 0.05) is 19.0 Å². The van der Waals surface area contributed by atoms with Crippen LogP contribution in [0.2, 0.25) is 0 Å². The number of nitrogens with zero attached hydrogens (tertiary/aromatic N) is 1. The summed E-state index contributed by atoms with van der Waals surface area (Å²) in [6, 6.07) is 7.57. The Morgan fingerprint density at radius 2 is 2.05 bits per heavy atom. The molecule has 2 fully saturated rings. The van der Waals surface area contributed by atoms with E-state index in [0.717, 1.165) is 37.3 Å². The van der Waals surface area contributed by atoms with Gasteiger partial charge in [0.1, 0.15) is 5.75 Å². The maximum atomic E-state index is 5.59. The van der Waals surface area contributed by atoms with Crippen LogP contribution in [0, 0.1) is 5.92 Å². The molecule has 122 valence electrons. The van der Waals surface area contributed by atoms with Gasteiger partial charge >= 0.3 is 0 Å². The Morgan fingerprint density at radius 1 is 1.18 bits per heavy atom. The second-order valence-corrected chi connectivity index (χ2v) is 6.86. The molecule has 1 atom stereocenters. The molecule has 4 heteroatoms. The number of ether oxygens (including phenoxy) is 1. The van der Waals surface area contributed by atoms with Crippen LogP contribution in [0.15, 0.2) is 18.2 Å². The zero-order valence-electron chi connectivity index (χ0n) is 13.2. The molecule has 1 aromatic rings. The molecule has 3 aliphatic heterocycles. The van der Waals surface area contributed by atoms with Gasteiger partial charge in [-0.3, -0.25) is 4.90 Å². The lowest BCUT2D eigenvalue weighted by Gasteiger charge is -2.35. The molecule has 2 saturated heterocycles. The smallest absolute Gasteiger partial charge is 0.122 e. The van der Waals surface area contributed by atoms with Crippen molar-refractivity contribution in [3.8, 4) is 5.75 Å². The molecule has 0 amide bonds. The SMILES string of the molecule is Cl.c1cc2c(cc1CN1CCC(C3CCCN3)CC1)CCO2. The van der Waals surface area contributed by atoms with Gasteiger partial charge in [0.25, 0.3) is 0 Å². The van der Waals surface area contributed by atoms with Crippen molar-refractivity contribution in [2.45, 2.75) is 44.7 Å². The van der Waals surface area contributed by atoms with Crippen LogP contribution < -0.4 is 10.1 Å².